The SMILES string of the molecule is CNCC(Cc1ccc(Br)cc1F)Cc1ccccc1Cl. The second kappa shape index (κ2) is 7.92. The minimum absolute atomic E-state index is 0.162. The summed E-state index contributed by atoms with van der Waals surface area (Å²) < 4.78 is 14.8. The van der Waals surface area contributed by atoms with E-state index in [9.17, 15) is 4.39 Å². The first-order chi connectivity index (χ1) is 10.1. The van der Waals surface area contributed by atoms with Crippen molar-refractivity contribution in [3.63, 3.8) is 0 Å². The van der Waals surface area contributed by atoms with Crippen molar-refractivity contribution in [3.05, 3.63) is 68.9 Å². The number of rotatable bonds is 6. The molecule has 112 valence electrons. The van der Waals surface area contributed by atoms with Crippen molar-refractivity contribution in [2.45, 2.75) is 12.8 Å². The van der Waals surface area contributed by atoms with Gasteiger partial charge in [0.2, 0.25) is 0 Å². The van der Waals surface area contributed by atoms with Crippen LogP contribution in [-0.4, -0.2) is 13.6 Å². The van der Waals surface area contributed by atoms with Crippen LogP contribution in [0.2, 0.25) is 5.02 Å². The predicted molar refractivity (Wildman–Crippen MR) is 90.4 cm³/mol. The van der Waals surface area contributed by atoms with E-state index in [1.807, 2.05) is 43.4 Å². The Morgan fingerprint density at radius 1 is 1.14 bits per heavy atom. The normalized spacial score (nSPS) is 12.4. The molecule has 2 aromatic rings. The molecule has 2 aromatic carbocycles. The van der Waals surface area contributed by atoms with E-state index in [-0.39, 0.29) is 5.82 Å². The van der Waals surface area contributed by atoms with Gasteiger partial charge in [-0.1, -0.05) is 51.8 Å². The molecule has 4 heteroatoms. The molecule has 0 spiro atoms. The second-order valence-electron chi connectivity index (χ2n) is 5.16. The molecule has 0 radical (unpaired) electrons. The minimum atomic E-state index is -0.162. The van der Waals surface area contributed by atoms with E-state index in [0.29, 0.717) is 12.3 Å². The van der Waals surface area contributed by atoms with Crippen LogP contribution in [0.1, 0.15) is 11.1 Å². The van der Waals surface area contributed by atoms with Crippen LogP contribution in [0.25, 0.3) is 0 Å². The van der Waals surface area contributed by atoms with Gasteiger partial charge in [-0.05, 0) is 61.7 Å². The molecule has 0 aromatic heterocycles. The Labute approximate surface area is 138 Å². The highest BCUT2D eigenvalue weighted by Gasteiger charge is 2.14. The first-order valence-corrected chi connectivity index (χ1v) is 8.09. The summed E-state index contributed by atoms with van der Waals surface area (Å²) in [5.41, 5.74) is 1.85. The smallest absolute Gasteiger partial charge is 0.127 e. The molecule has 21 heavy (non-hydrogen) atoms. The van der Waals surface area contributed by atoms with Gasteiger partial charge in [-0.15, -0.1) is 0 Å². The second-order valence-corrected chi connectivity index (χ2v) is 6.48. The largest absolute Gasteiger partial charge is 0.319 e. The summed E-state index contributed by atoms with van der Waals surface area (Å²) in [6, 6.07) is 13.1. The van der Waals surface area contributed by atoms with Crippen LogP contribution in [0.15, 0.2) is 46.9 Å². The number of nitrogens with one attached hydrogen (secondary N) is 1. The Morgan fingerprint density at radius 2 is 1.86 bits per heavy atom. The molecule has 1 N–H and O–H groups in total. The molecule has 0 amide bonds. The number of benzene rings is 2. The van der Waals surface area contributed by atoms with Gasteiger partial charge in [-0.3, -0.25) is 0 Å². The number of halogens is 3. The average molecular weight is 371 g/mol. The van der Waals surface area contributed by atoms with Crippen molar-refractivity contribution in [2.24, 2.45) is 5.92 Å². The summed E-state index contributed by atoms with van der Waals surface area (Å²) in [6.07, 6.45) is 1.52. The lowest BCUT2D eigenvalue weighted by Gasteiger charge is -2.18. The maximum absolute atomic E-state index is 14.0. The zero-order chi connectivity index (χ0) is 15.2. The van der Waals surface area contributed by atoms with E-state index in [1.165, 1.54) is 6.07 Å². The molecule has 0 fully saturated rings. The highest BCUT2D eigenvalue weighted by molar-refractivity contribution is 9.10. The van der Waals surface area contributed by atoms with Crippen molar-refractivity contribution in [1.82, 2.24) is 5.32 Å². The molecular formula is C17H18BrClFN. The summed E-state index contributed by atoms with van der Waals surface area (Å²) in [7, 11) is 1.91. The summed E-state index contributed by atoms with van der Waals surface area (Å²) in [5.74, 6) is 0.134. The molecule has 0 bridgehead atoms. The Morgan fingerprint density at radius 3 is 2.52 bits per heavy atom. The van der Waals surface area contributed by atoms with Crippen LogP contribution in [0.5, 0.6) is 0 Å². The lowest BCUT2D eigenvalue weighted by molar-refractivity contribution is 0.480. The number of hydrogen-bond donors (Lipinski definition) is 1. The first-order valence-electron chi connectivity index (χ1n) is 6.92. The van der Waals surface area contributed by atoms with Gasteiger partial charge in [0.05, 0.1) is 0 Å². The molecule has 0 saturated carbocycles. The van der Waals surface area contributed by atoms with Gasteiger partial charge >= 0.3 is 0 Å². The fourth-order valence-corrected chi connectivity index (χ4v) is 3.02. The molecule has 0 heterocycles. The minimum Gasteiger partial charge on any atom is -0.319 e. The Bertz CT molecular complexity index is 603. The van der Waals surface area contributed by atoms with E-state index in [0.717, 1.165) is 33.6 Å². The molecule has 0 saturated heterocycles. The third-order valence-electron chi connectivity index (χ3n) is 3.48. The van der Waals surface area contributed by atoms with E-state index >= 15 is 0 Å². The van der Waals surface area contributed by atoms with Crippen molar-refractivity contribution >= 4 is 27.5 Å². The summed E-state index contributed by atoms with van der Waals surface area (Å²) in [5, 5.41) is 3.96. The average Bonchev–Trinajstić information content (AvgIpc) is 2.44. The summed E-state index contributed by atoms with van der Waals surface area (Å²) in [6.45, 7) is 0.820. The Balaban J connectivity index is 2.14. The highest BCUT2D eigenvalue weighted by atomic mass is 79.9. The van der Waals surface area contributed by atoms with Gasteiger partial charge in [0.25, 0.3) is 0 Å². The standard InChI is InChI=1S/C17H18BrClFN/c1-21-11-12(8-13-4-2-3-5-16(13)19)9-14-6-7-15(18)10-17(14)20/h2-7,10,12,21H,8-9,11H2,1H3. The van der Waals surface area contributed by atoms with Crippen molar-refractivity contribution in [1.29, 1.82) is 0 Å². The topological polar surface area (TPSA) is 12.0 Å². The van der Waals surface area contributed by atoms with Crippen LogP contribution >= 0.6 is 27.5 Å². The van der Waals surface area contributed by atoms with Crippen LogP contribution in [0, 0.1) is 11.7 Å². The first kappa shape index (κ1) is 16.5. The quantitative estimate of drug-likeness (QED) is 0.765. The fraction of sp³-hybridized carbons (Fsp3) is 0.294. The lowest BCUT2D eigenvalue weighted by Crippen LogP contribution is -2.23. The lowest BCUT2D eigenvalue weighted by atomic mass is 9.92. The Hall–Kier alpha value is -0.900. The van der Waals surface area contributed by atoms with Crippen molar-refractivity contribution < 1.29 is 4.39 Å². The summed E-state index contributed by atoms with van der Waals surface area (Å²) >= 11 is 9.51. The molecule has 0 aliphatic carbocycles. The molecule has 1 nitrogen and oxygen atoms in total. The van der Waals surface area contributed by atoms with E-state index in [2.05, 4.69) is 21.2 Å². The van der Waals surface area contributed by atoms with Crippen molar-refractivity contribution in [2.75, 3.05) is 13.6 Å². The van der Waals surface area contributed by atoms with E-state index < -0.39 is 0 Å². The molecular weight excluding hydrogens is 353 g/mol. The van der Waals surface area contributed by atoms with Crippen LogP contribution in [0.3, 0.4) is 0 Å². The third kappa shape index (κ3) is 4.80. The third-order valence-corrected chi connectivity index (χ3v) is 4.34. The predicted octanol–water partition coefficient (Wildman–Crippen LogP) is 4.86. The maximum atomic E-state index is 14.0. The van der Waals surface area contributed by atoms with Gasteiger partial charge in [0.15, 0.2) is 0 Å². The van der Waals surface area contributed by atoms with Crippen LogP contribution in [-0.2, 0) is 12.8 Å². The molecule has 1 atom stereocenters. The van der Waals surface area contributed by atoms with E-state index in [4.69, 9.17) is 11.6 Å². The summed E-state index contributed by atoms with van der Waals surface area (Å²) in [4.78, 5) is 0. The van der Waals surface area contributed by atoms with Crippen molar-refractivity contribution in [3.8, 4) is 0 Å². The Kier molecular flexibility index (Phi) is 6.22. The zero-order valence-corrected chi connectivity index (χ0v) is 14.2. The zero-order valence-electron chi connectivity index (χ0n) is 11.9. The van der Waals surface area contributed by atoms with Gasteiger partial charge in [-0.25, -0.2) is 4.39 Å². The monoisotopic (exact) mass is 369 g/mol. The van der Waals surface area contributed by atoms with Crippen LogP contribution < -0.4 is 5.32 Å². The van der Waals surface area contributed by atoms with Crippen LogP contribution in [0.4, 0.5) is 4.39 Å². The highest BCUT2D eigenvalue weighted by Crippen LogP contribution is 2.23. The van der Waals surface area contributed by atoms with Gasteiger partial charge < -0.3 is 5.32 Å². The molecule has 1 unspecified atom stereocenters. The number of hydrogen-bond acceptors (Lipinski definition) is 1. The van der Waals surface area contributed by atoms with Gasteiger partial charge in [-0.2, -0.15) is 0 Å². The van der Waals surface area contributed by atoms with E-state index in [1.54, 1.807) is 0 Å². The molecule has 0 aliphatic rings. The fourth-order valence-electron chi connectivity index (χ4n) is 2.48. The van der Waals surface area contributed by atoms with Gasteiger partial charge in [0.1, 0.15) is 5.82 Å². The molecule has 2 rings (SSSR count). The molecule has 0 aliphatic heterocycles. The maximum Gasteiger partial charge on any atom is 0.127 e. The van der Waals surface area contributed by atoms with Gasteiger partial charge in [0, 0.05) is 9.50 Å².